The number of ketones is 2. The van der Waals surface area contributed by atoms with Gasteiger partial charge in [0.2, 0.25) is 0 Å². The molecule has 0 aromatic heterocycles. The molecule has 0 amide bonds. The minimum absolute atomic E-state index is 0.0162. The highest BCUT2D eigenvalue weighted by Crippen LogP contribution is 2.75. The monoisotopic (exact) mass is 325 g/mol. The number of rotatable bonds is 0. The fourth-order valence-electron chi connectivity index (χ4n) is 8.34. The van der Waals surface area contributed by atoms with Crippen molar-refractivity contribution in [3.8, 4) is 6.07 Å². The van der Waals surface area contributed by atoms with E-state index in [9.17, 15) is 14.9 Å². The van der Waals surface area contributed by atoms with Crippen molar-refractivity contribution in [1.29, 1.82) is 5.26 Å². The largest absolute Gasteiger partial charge is 0.299 e. The highest BCUT2D eigenvalue weighted by molar-refractivity contribution is 6.07. The number of carbonyl (C=O) groups excluding carboxylic acids is 2. The molecule has 5 aliphatic carbocycles. The van der Waals surface area contributed by atoms with Crippen LogP contribution in [0.1, 0.15) is 65.2 Å². The first-order valence-electron chi connectivity index (χ1n) is 9.86. The fraction of sp³-hybridized carbons (Fsp3) is 0.857. The average Bonchev–Trinajstić information content (AvgIpc) is 3.08. The number of fused-ring (bicyclic) bond motifs is 6. The van der Waals surface area contributed by atoms with Crippen molar-refractivity contribution in [1.82, 2.24) is 0 Å². The third-order valence-electron chi connectivity index (χ3n) is 9.51. The van der Waals surface area contributed by atoms with Crippen LogP contribution in [-0.2, 0) is 9.59 Å². The van der Waals surface area contributed by atoms with Gasteiger partial charge >= 0.3 is 0 Å². The highest BCUT2D eigenvalue weighted by Gasteiger charge is 2.75. The lowest BCUT2D eigenvalue weighted by Gasteiger charge is -2.61. The molecule has 3 heteroatoms. The minimum Gasteiger partial charge on any atom is -0.299 e. The normalized spacial score (nSPS) is 58.1. The first-order chi connectivity index (χ1) is 11.4. The van der Waals surface area contributed by atoms with Crippen LogP contribution < -0.4 is 0 Å². The van der Waals surface area contributed by atoms with Crippen LogP contribution in [0.3, 0.4) is 0 Å². The Hall–Kier alpha value is -1.17. The Morgan fingerprint density at radius 3 is 2.62 bits per heavy atom. The molecule has 0 aromatic carbocycles. The van der Waals surface area contributed by atoms with Gasteiger partial charge in [-0.05, 0) is 67.1 Å². The highest BCUT2D eigenvalue weighted by atomic mass is 16.2. The minimum atomic E-state index is -0.697. The van der Waals surface area contributed by atoms with Crippen molar-refractivity contribution < 1.29 is 9.59 Å². The molecule has 5 aliphatic rings. The summed E-state index contributed by atoms with van der Waals surface area (Å²) in [5, 5.41) is 10.1. The molecule has 0 radical (unpaired) electrons. The second-order valence-electron chi connectivity index (χ2n) is 9.99. The van der Waals surface area contributed by atoms with Crippen LogP contribution in [0.25, 0.3) is 0 Å². The molecule has 1 unspecified atom stereocenters. The second kappa shape index (κ2) is 4.32. The van der Waals surface area contributed by atoms with Gasteiger partial charge in [0.25, 0.3) is 0 Å². The summed E-state index contributed by atoms with van der Waals surface area (Å²) < 4.78 is 0. The maximum absolute atomic E-state index is 13.3. The lowest BCUT2D eigenvalue weighted by molar-refractivity contribution is -0.154. The zero-order valence-corrected chi connectivity index (χ0v) is 14.8. The molecule has 24 heavy (non-hydrogen) atoms. The Morgan fingerprint density at radius 2 is 1.88 bits per heavy atom. The molecule has 0 spiro atoms. The first kappa shape index (κ1) is 15.1. The van der Waals surface area contributed by atoms with Gasteiger partial charge in [0.1, 0.15) is 11.6 Å². The molecule has 0 N–H and O–H groups in total. The van der Waals surface area contributed by atoms with Crippen LogP contribution in [0, 0.1) is 57.2 Å². The molecule has 0 aliphatic heterocycles. The van der Waals surface area contributed by atoms with Crippen molar-refractivity contribution >= 4 is 11.6 Å². The van der Waals surface area contributed by atoms with E-state index in [2.05, 4.69) is 19.9 Å². The Kier molecular flexibility index (Phi) is 2.72. The number of hydrogen-bond acceptors (Lipinski definition) is 3. The number of nitriles is 1. The van der Waals surface area contributed by atoms with Gasteiger partial charge in [0.15, 0.2) is 0 Å². The maximum Gasteiger partial charge on any atom is 0.148 e. The predicted octanol–water partition coefficient (Wildman–Crippen LogP) is 3.92. The predicted molar refractivity (Wildman–Crippen MR) is 88.7 cm³/mol. The molecule has 3 nitrogen and oxygen atoms in total. The van der Waals surface area contributed by atoms with Gasteiger partial charge in [-0.2, -0.15) is 5.26 Å². The molecule has 0 aromatic rings. The lowest BCUT2D eigenvalue weighted by Crippen LogP contribution is -2.59. The molecular weight excluding hydrogens is 298 g/mol. The summed E-state index contributed by atoms with van der Waals surface area (Å²) in [6, 6.07) is 2.57. The van der Waals surface area contributed by atoms with E-state index in [1.807, 2.05) is 0 Å². The summed E-state index contributed by atoms with van der Waals surface area (Å²) in [5.74, 6) is 1.12. The maximum atomic E-state index is 13.3. The molecule has 0 heterocycles. The van der Waals surface area contributed by atoms with Crippen LogP contribution in [0.15, 0.2) is 0 Å². The summed E-state index contributed by atoms with van der Waals surface area (Å²) in [6.07, 6.45) is 8.23. The van der Waals surface area contributed by atoms with Crippen molar-refractivity contribution in [2.75, 3.05) is 0 Å². The molecule has 8 atom stereocenters. The second-order valence-corrected chi connectivity index (χ2v) is 9.99. The van der Waals surface area contributed by atoms with E-state index >= 15 is 0 Å². The molecule has 0 saturated heterocycles. The van der Waals surface area contributed by atoms with E-state index in [0.29, 0.717) is 36.0 Å². The number of nitrogens with zero attached hydrogens (tertiary/aromatic N) is 1. The Balaban J connectivity index is 1.70. The summed E-state index contributed by atoms with van der Waals surface area (Å²) >= 11 is 0. The third kappa shape index (κ3) is 1.39. The van der Waals surface area contributed by atoms with Gasteiger partial charge in [0.05, 0.1) is 17.4 Å². The van der Waals surface area contributed by atoms with Gasteiger partial charge in [-0.1, -0.05) is 20.3 Å². The molecular formula is C21H27NO2. The zero-order valence-electron chi connectivity index (χ0n) is 14.8. The van der Waals surface area contributed by atoms with Gasteiger partial charge in [-0.25, -0.2) is 0 Å². The van der Waals surface area contributed by atoms with Crippen molar-refractivity contribution in [3.05, 3.63) is 0 Å². The quantitative estimate of drug-likeness (QED) is 0.634. The lowest BCUT2D eigenvalue weighted by atomic mass is 9.40. The summed E-state index contributed by atoms with van der Waals surface area (Å²) in [6.45, 7) is 4.70. The molecule has 5 rings (SSSR count). The van der Waals surface area contributed by atoms with E-state index in [-0.39, 0.29) is 22.9 Å². The number of carbonyl (C=O) groups is 2. The van der Waals surface area contributed by atoms with Crippen LogP contribution >= 0.6 is 0 Å². The SMILES string of the molecule is C[C@@]12CCC[C@H]1[C@@H]1[C@@H]3CC4(C#N)[C@@H](C(=O)CC[C@]4(C)[C@H]1CC2)C3=O. The molecule has 2 bridgehead atoms. The zero-order chi connectivity index (χ0) is 16.9. The van der Waals surface area contributed by atoms with Crippen molar-refractivity contribution in [2.45, 2.75) is 65.2 Å². The van der Waals surface area contributed by atoms with E-state index in [0.717, 1.165) is 12.8 Å². The molecule has 128 valence electrons. The number of hydrogen-bond donors (Lipinski definition) is 0. The smallest absolute Gasteiger partial charge is 0.148 e. The Morgan fingerprint density at radius 1 is 1.08 bits per heavy atom. The van der Waals surface area contributed by atoms with E-state index in [1.54, 1.807) is 0 Å². The van der Waals surface area contributed by atoms with Crippen LogP contribution in [0.4, 0.5) is 0 Å². The Labute approximate surface area is 144 Å². The topological polar surface area (TPSA) is 57.9 Å². The van der Waals surface area contributed by atoms with Gasteiger partial charge in [-0.3, -0.25) is 9.59 Å². The summed E-state index contributed by atoms with van der Waals surface area (Å²) in [5.41, 5.74) is -0.444. The van der Waals surface area contributed by atoms with Gasteiger partial charge in [0, 0.05) is 12.3 Å². The van der Waals surface area contributed by atoms with Crippen molar-refractivity contribution in [2.24, 2.45) is 45.8 Å². The Bertz CT molecular complexity index is 692. The first-order valence-corrected chi connectivity index (χ1v) is 9.86. The summed E-state index contributed by atoms with van der Waals surface area (Å²) in [4.78, 5) is 25.9. The van der Waals surface area contributed by atoms with Gasteiger partial charge < -0.3 is 0 Å². The van der Waals surface area contributed by atoms with E-state index in [4.69, 9.17) is 0 Å². The standard InChI is InChI=1S/C21H27NO2/c1-19-7-3-4-13(19)16-12-10-21(11-22)17(18(12)24)15(23)6-9-20(21,2)14(16)5-8-19/h12-14,16-17H,3-10H2,1-2H3/t12-,13-,14-,16-,17-,19-,20+,21?/m0/s1. The summed E-state index contributed by atoms with van der Waals surface area (Å²) in [7, 11) is 0. The number of Topliss-reactive ketones (excluding diaryl/α,β-unsaturated/α-hetero) is 2. The van der Waals surface area contributed by atoms with Gasteiger partial charge in [-0.15, -0.1) is 0 Å². The average molecular weight is 325 g/mol. The van der Waals surface area contributed by atoms with E-state index < -0.39 is 11.3 Å². The van der Waals surface area contributed by atoms with Crippen LogP contribution in [0.2, 0.25) is 0 Å². The molecule has 5 saturated carbocycles. The van der Waals surface area contributed by atoms with Crippen LogP contribution in [-0.4, -0.2) is 11.6 Å². The van der Waals surface area contributed by atoms with Crippen LogP contribution in [0.5, 0.6) is 0 Å². The fourth-order valence-corrected chi connectivity index (χ4v) is 8.34. The van der Waals surface area contributed by atoms with Crippen molar-refractivity contribution in [3.63, 3.8) is 0 Å². The molecule has 5 fully saturated rings. The van der Waals surface area contributed by atoms with E-state index in [1.165, 1.54) is 25.7 Å². The third-order valence-corrected chi connectivity index (χ3v) is 9.51.